The first kappa shape index (κ1) is 12.9. The summed E-state index contributed by atoms with van der Waals surface area (Å²) in [5, 5.41) is 1.06. The standard InChI is InChI=1S/C9H7NO.C7H7N3/c11-9-6-5-7-3-1-2-4-8(7)10-9;8-7-9-5-3-1-2-4-6(5)10-7/h1-6H,(H,10,11);1-4H,(H3,8,9,10). The maximum atomic E-state index is 10.8. The number of anilines is 1. The van der Waals surface area contributed by atoms with Gasteiger partial charge in [0, 0.05) is 11.6 Å². The number of rotatable bonds is 0. The average molecular weight is 278 g/mol. The van der Waals surface area contributed by atoms with Gasteiger partial charge in [-0.3, -0.25) is 4.79 Å². The molecule has 21 heavy (non-hydrogen) atoms. The van der Waals surface area contributed by atoms with Crippen LogP contribution >= 0.6 is 0 Å². The molecule has 4 rings (SSSR count). The summed E-state index contributed by atoms with van der Waals surface area (Å²) in [6, 6.07) is 18.8. The van der Waals surface area contributed by atoms with Crippen LogP contribution in [0.3, 0.4) is 0 Å². The molecular formula is C16H14N4O. The van der Waals surface area contributed by atoms with Crippen LogP contribution in [0, 0.1) is 0 Å². The number of hydrogen-bond acceptors (Lipinski definition) is 3. The molecule has 4 aromatic rings. The summed E-state index contributed by atoms with van der Waals surface area (Å²) in [7, 11) is 0. The first-order valence-electron chi connectivity index (χ1n) is 6.51. The highest BCUT2D eigenvalue weighted by atomic mass is 16.1. The lowest BCUT2D eigenvalue weighted by atomic mass is 10.2. The molecular weight excluding hydrogens is 264 g/mol. The number of nitrogens with zero attached hydrogens (tertiary/aromatic N) is 1. The second kappa shape index (κ2) is 5.50. The van der Waals surface area contributed by atoms with Gasteiger partial charge in [0.15, 0.2) is 5.95 Å². The van der Waals surface area contributed by atoms with Crippen molar-refractivity contribution in [3.05, 3.63) is 71.0 Å². The van der Waals surface area contributed by atoms with Gasteiger partial charge in [0.1, 0.15) is 0 Å². The van der Waals surface area contributed by atoms with E-state index in [9.17, 15) is 4.79 Å². The molecule has 0 aliphatic rings. The number of imidazole rings is 1. The van der Waals surface area contributed by atoms with Gasteiger partial charge >= 0.3 is 0 Å². The predicted molar refractivity (Wildman–Crippen MR) is 85.1 cm³/mol. The minimum atomic E-state index is -0.0521. The minimum absolute atomic E-state index is 0.0521. The van der Waals surface area contributed by atoms with Crippen LogP contribution < -0.4 is 11.3 Å². The number of pyridine rings is 1. The van der Waals surface area contributed by atoms with Crippen molar-refractivity contribution in [2.24, 2.45) is 0 Å². The molecule has 104 valence electrons. The second-order valence-electron chi connectivity index (χ2n) is 4.55. The van der Waals surface area contributed by atoms with Crippen molar-refractivity contribution in [2.45, 2.75) is 0 Å². The van der Waals surface area contributed by atoms with Gasteiger partial charge < -0.3 is 15.7 Å². The van der Waals surface area contributed by atoms with Crippen LogP contribution in [0.15, 0.2) is 65.5 Å². The summed E-state index contributed by atoms with van der Waals surface area (Å²) < 4.78 is 0. The summed E-state index contributed by atoms with van der Waals surface area (Å²) >= 11 is 0. The number of nitrogens with two attached hydrogens (primary N) is 1. The van der Waals surface area contributed by atoms with Crippen molar-refractivity contribution in [3.63, 3.8) is 0 Å². The highest BCUT2D eigenvalue weighted by Gasteiger charge is 1.94. The molecule has 0 atom stereocenters. The van der Waals surface area contributed by atoms with Gasteiger partial charge in [0.2, 0.25) is 5.56 Å². The molecule has 0 aliphatic heterocycles. The summed E-state index contributed by atoms with van der Waals surface area (Å²) in [5.74, 6) is 0.473. The molecule has 0 aliphatic carbocycles. The van der Waals surface area contributed by atoms with E-state index in [0.717, 1.165) is 21.9 Å². The highest BCUT2D eigenvalue weighted by molar-refractivity contribution is 5.78. The maximum Gasteiger partial charge on any atom is 0.248 e. The van der Waals surface area contributed by atoms with Crippen molar-refractivity contribution >= 4 is 27.9 Å². The zero-order chi connectivity index (χ0) is 14.7. The molecule has 5 heteroatoms. The van der Waals surface area contributed by atoms with E-state index < -0.39 is 0 Å². The number of H-pyrrole nitrogens is 2. The zero-order valence-electron chi connectivity index (χ0n) is 11.2. The van der Waals surface area contributed by atoms with Crippen LogP contribution in [-0.4, -0.2) is 15.0 Å². The maximum absolute atomic E-state index is 10.8. The first-order valence-corrected chi connectivity index (χ1v) is 6.51. The molecule has 0 unspecified atom stereocenters. The zero-order valence-corrected chi connectivity index (χ0v) is 11.2. The summed E-state index contributed by atoms with van der Waals surface area (Å²) in [6.45, 7) is 0. The smallest absolute Gasteiger partial charge is 0.248 e. The second-order valence-corrected chi connectivity index (χ2v) is 4.55. The van der Waals surface area contributed by atoms with Gasteiger partial charge in [0.25, 0.3) is 0 Å². The Labute approximate surface area is 120 Å². The Hall–Kier alpha value is -3.08. The molecule has 0 radical (unpaired) electrons. The average Bonchev–Trinajstić information content (AvgIpc) is 2.88. The number of nitrogen functional groups attached to an aromatic ring is 1. The number of fused-ring (bicyclic) bond motifs is 2. The Morgan fingerprint density at radius 3 is 2.33 bits per heavy atom. The molecule has 0 fully saturated rings. The van der Waals surface area contributed by atoms with Crippen LogP contribution in [-0.2, 0) is 0 Å². The lowest BCUT2D eigenvalue weighted by Gasteiger charge is -1.93. The van der Waals surface area contributed by atoms with Crippen molar-refractivity contribution < 1.29 is 0 Å². The molecule has 0 bridgehead atoms. The van der Waals surface area contributed by atoms with Crippen molar-refractivity contribution in [1.82, 2.24) is 15.0 Å². The SMILES string of the molecule is Nc1nc2ccccc2[nH]1.O=c1ccc2ccccc2[nH]1. The normalized spacial score (nSPS) is 10.3. The van der Waals surface area contributed by atoms with Gasteiger partial charge in [-0.1, -0.05) is 30.3 Å². The Balaban J connectivity index is 0.000000126. The Morgan fingerprint density at radius 1 is 0.810 bits per heavy atom. The first-order chi connectivity index (χ1) is 10.2. The van der Waals surface area contributed by atoms with Gasteiger partial charge in [-0.05, 0) is 29.7 Å². The third-order valence-corrected chi connectivity index (χ3v) is 3.04. The Bertz CT molecular complexity index is 906. The van der Waals surface area contributed by atoms with Crippen LogP contribution in [0.25, 0.3) is 21.9 Å². The van der Waals surface area contributed by atoms with Crippen LogP contribution in [0.5, 0.6) is 0 Å². The lowest BCUT2D eigenvalue weighted by Crippen LogP contribution is -2.01. The van der Waals surface area contributed by atoms with Gasteiger partial charge in [-0.25, -0.2) is 4.98 Å². The summed E-state index contributed by atoms with van der Waals surface area (Å²) in [5.41, 5.74) is 8.16. The van der Waals surface area contributed by atoms with E-state index in [0.29, 0.717) is 5.95 Å². The Kier molecular flexibility index (Phi) is 3.39. The van der Waals surface area contributed by atoms with Crippen molar-refractivity contribution in [2.75, 3.05) is 5.73 Å². The van der Waals surface area contributed by atoms with Crippen LogP contribution in [0.4, 0.5) is 5.95 Å². The predicted octanol–water partition coefficient (Wildman–Crippen LogP) is 2.67. The fourth-order valence-electron chi connectivity index (χ4n) is 2.07. The monoisotopic (exact) mass is 278 g/mol. The van der Waals surface area contributed by atoms with E-state index in [1.165, 1.54) is 6.07 Å². The molecule has 4 N–H and O–H groups in total. The largest absolute Gasteiger partial charge is 0.369 e. The van der Waals surface area contributed by atoms with Crippen molar-refractivity contribution in [3.8, 4) is 0 Å². The quantitative estimate of drug-likeness (QED) is 0.462. The molecule has 5 nitrogen and oxygen atoms in total. The molecule has 0 saturated heterocycles. The molecule has 0 saturated carbocycles. The molecule has 2 aromatic heterocycles. The van der Waals surface area contributed by atoms with Crippen LogP contribution in [0.2, 0.25) is 0 Å². The van der Waals surface area contributed by atoms with Gasteiger partial charge in [0.05, 0.1) is 11.0 Å². The van der Waals surface area contributed by atoms with E-state index in [1.54, 1.807) is 0 Å². The lowest BCUT2D eigenvalue weighted by molar-refractivity contribution is 1.31. The number of nitrogens with one attached hydrogen (secondary N) is 2. The third kappa shape index (κ3) is 2.92. The molecule has 0 spiro atoms. The fraction of sp³-hybridized carbons (Fsp3) is 0. The fourth-order valence-corrected chi connectivity index (χ4v) is 2.07. The van der Waals surface area contributed by atoms with E-state index in [-0.39, 0.29) is 5.56 Å². The van der Waals surface area contributed by atoms with Gasteiger partial charge in [-0.15, -0.1) is 0 Å². The van der Waals surface area contributed by atoms with Gasteiger partial charge in [-0.2, -0.15) is 0 Å². The van der Waals surface area contributed by atoms with E-state index in [2.05, 4.69) is 15.0 Å². The van der Waals surface area contributed by atoms with Crippen LogP contribution in [0.1, 0.15) is 0 Å². The third-order valence-electron chi connectivity index (χ3n) is 3.04. The number of benzene rings is 2. The van der Waals surface area contributed by atoms with E-state index in [1.807, 2.05) is 54.6 Å². The number of para-hydroxylation sites is 3. The summed E-state index contributed by atoms with van der Waals surface area (Å²) in [6.07, 6.45) is 0. The number of hydrogen-bond donors (Lipinski definition) is 3. The highest BCUT2D eigenvalue weighted by Crippen LogP contribution is 2.10. The topological polar surface area (TPSA) is 87.6 Å². The number of aromatic nitrogens is 3. The summed E-state index contributed by atoms with van der Waals surface area (Å²) in [4.78, 5) is 20.5. The molecule has 2 aromatic carbocycles. The number of aromatic amines is 2. The Morgan fingerprint density at radius 2 is 1.52 bits per heavy atom. The van der Waals surface area contributed by atoms with Crippen molar-refractivity contribution in [1.29, 1.82) is 0 Å². The van der Waals surface area contributed by atoms with E-state index in [4.69, 9.17) is 5.73 Å². The molecule has 0 amide bonds. The minimum Gasteiger partial charge on any atom is -0.369 e. The molecule has 2 heterocycles. The van der Waals surface area contributed by atoms with E-state index >= 15 is 0 Å².